The molecule has 3 aromatic rings. The molecule has 0 aliphatic carbocycles. The van der Waals surface area contributed by atoms with Crippen LogP contribution >= 0.6 is 0 Å². The molecule has 128 valence electrons. The first-order chi connectivity index (χ1) is 11.9. The van der Waals surface area contributed by atoms with Crippen LogP contribution in [0.2, 0.25) is 0 Å². The Kier molecular flexibility index (Phi) is 4.57. The van der Waals surface area contributed by atoms with E-state index in [1.54, 1.807) is 0 Å². The van der Waals surface area contributed by atoms with Crippen molar-refractivity contribution < 1.29 is 9.47 Å². The van der Waals surface area contributed by atoms with Crippen molar-refractivity contribution in [1.82, 2.24) is 9.97 Å². The van der Waals surface area contributed by atoms with Crippen LogP contribution in [-0.4, -0.2) is 9.97 Å². The summed E-state index contributed by atoms with van der Waals surface area (Å²) in [6.45, 7) is 8.05. The molecule has 0 saturated carbocycles. The van der Waals surface area contributed by atoms with E-state index < -0.39 is 0 Å². The van der Waals surface area contributed by atoms with Crippen LogP contribution in [0.15, 0.2) is 42.7 Å². The van der Waals surface area contributed by atoms with Crippen LogP contribution in [0.3, 0.4) is 0 Å². The molecule has 2 N–H and O–H groups in total. The largest absolute Gasteiger partial charge is 0.437 e. The molecule has 0 aliphatic rings. The summed E-state index contributed by atoms with van der Waals surface area (Å²) in [6, 6.07) is 11.9. The number of hydrogen-bond donors (Lipinski definition) is 1. The van der Waals surface area contributed by atoms with Gasteiger partial charge in [-0.25, -0.2) is 0 Å². The van der Waals surface area contributed by atoms with Crippen LogP contribution < -0.4 is 15.2 Å². The maximum atomic E-state index is 6.16. The Labute approximate surface area is 147 Å². The average Bonchev–Trinajstić information content (AvgIpc) is 2.49. The molecule has 0 aliphatic heterocycles. The molecule has 0 atom stereocenters. The lowest BCUT2D eigenvalue weighted by Crippen LogP contribution is -2.01. The second-order valence-electron chi connectivity index (χ2n) is 6.25. The standard InChI is InChI=1S/C20H21N3O2/c1-12-5-13(2)8-16(7-12)24-19-18(21)20(23-11-22-19)25-17-9-14(3)6-15(4)10-17/h5-11H,21H2,1-4H3. The first-order valence-electron chi connectivity index (χ1n) is 8.03. The maximum Gasteiger partial charge on any atom is 0.249 e. The fourth-order valence-electron chi connectivity index (χ4n) is 2.73. The van der Waals surface area contributed by atoms with Crippen LogP contribution in [0.4, 0.5) is 5.69 Å². The van der Waals surface area contributed by atoms with E-state index >= 15 is 0 Å². The van der Waals surface area contributed by atoms with Crippen LogP contribution in [0.25, 0.3) is 0 Å². The minimum absolute atomic E-state index is 0.265. The van der Waals surface area contributed by atoms with Gasteiger partial charge in [0.05, 0.1) is 0 Å². The second kappa shape index (κ2) is 6.81. The quantitative estimate of drug-likeness (QED) is 0.736. The summed E-state index contributed by atoms with van der Waals surface area (Å²) in [7, 11) is 0. The van der Waals surface area contributed by atoms with Gasteiger partial charge in [-0.1, -0.05) is 12.1 Å². The van der Waals surface area contributed by atoms with Gasteiger partial charge in [0.15, 0.2) is 5.69 Å². The van der Waals surface area contributed by atoms with E-state index in [0.717, 1.165) is 22.3 Å². The Bertz CT molecular complexity index is 811. The Morgan fingerprint density at radius 1 is 0.640 bits per heavy atom. The fourth-order valence-corrected chi connectivity index (χ4v) is 2.73. The molecule has 2 aromatic carbocycles. The third-order valence-corrected chi connectivity index (χ3v) is 3.63. The number of aromatic nitrogens is 2. The number of aryl methyl sites for hydroxylation is 4. The first-order valence-corrected chi connectivity index (χ1v) is 8.03. The van der Waals surface area contributed by atoms with Crippen molar-refractivity contribution in [3.8, 4) is 23.3 Å². The highest BCUT2D eigenvalue weighted by Crippen LogP contribution is 2.34. The number of rotatable bonds is 4. The van der Waals surface area contributed by atoms with Gasteiger partial charge in [0, 0.05) is 0 Å². The number of anilines is 1. The summed E-state index contributed by atoms with van der Waals surface area (Å²) < 4.78 is 11.7. The summed E-state index contributed by atoms with van der Waals surface area (Å²) in [5.41, 5.74) is 10.8. The third-order valence-electron chi connectivity index (χ3n) is 3.63. The zero-order chi connectivity index (χ0) is 18.0. The first kappa shape index (κ1) is 16.8. The monoisotopic (exact) mass is 335 g/mol. The summed E-state index contributed by atoms with van der Waals surface area (Å²) in [4.78, 5) is 8.26. The lowest BCUT2D eigenvalue weighted by molar-refractivity contribution is 0.438. The van der Waals surface area contributed by atoms with Crippen LogP contribution in [0.5, 0.6) is 23.3 Å². The normalized spacial score (nSPS) is 10.6. The molecule has 25 heavy (non-hydrogen) atoms. The SMILES string of the molecule is Cc1cc(C)cc(Oc2ncnc(Oc3cc(C)cc(C)c3)c2N)c1. The van der Waals surface area contributed by atoms with Crippen molar-refractivity contribution in [2.75, 3.05) is 5.73 Å². The molecule has 5 heteroatoms. The molecule has 0 radical (unpaired) electrons. The van der Waals surface area contributed by atoms with Crippen LogP contribution in [-0.2, 0) is 0 Å². The van der Waals surface area contributed by atoms with Gasteiger partial charge in [0.2, 0.25) is 11.8 Å². The van der Waals surface area contributed by atoms with Gasteiger partial charge in [-0.3, -0.25) is 0 Å². The highest BCUT2D eigenvalue weighted by molar-refractivity contribution is 5.58. The highest BCUT2D eigenvalue weighted by atomic mass is 16.5. The van der Waals surface area contributed by atoms with Crippen molar-refractivity contribution in [1.29, 1.82) is 0 Å². The van der Waals surface area contributed by atoms with Crippen molar-refractivity contribution in [2.24, 2.45) is 0 Å². The Morgan fingerprint density at radius 3 is 1.36 bits per heavy atom. The summed E-state index contributed by atoms with van der Waals surface area (Å²) >= 11 is 0. The van der Waals surface area contributed by atoms with Gasteiger partial charge in [0.25, 0.3) is 0 Å². The number of hydrogen-bond acceptors (Lipinski definition) is 5. The second-order valence-corrected chi connectivity index (χ2v) is 6.25. The van der Waals surface area contributed by atoms with Gasteiger partial charge in [-0.15, -0.1) is 0 Å². The molecule has 0 fully saturated rings. The lowest BCUT2D eigenvalue weighted by Gasteiger charge is -2.12. The Hall–Kier alpha value is -3.08. The predicted molar refractivity (Wildman–Crippen MR) is 98.4 cm³/mol. The predicted octanol–water partition coefficient (Wildman–Crippen LogP) is 4.88. The minimum atomic E-state index is 0.265. The van der Waals surface area contributed by atoms with Crippen LogP contribution in [0.1, 0.15) is 22.3 Å². The Balaban J connectivity index is 1.89. The van der Waals surface area contributed by atoms with E-state index in [2.05, 4.69) is 22.1 Å². The van der Waals surface area contributed by atoms with E-state index in [1.165, 1.54) is 6.33 Å². The molecule has 0 amide bonds. The topological polar surface area (TPSA) is 70.3 Å². The Morgan fingerprint density at radius 2 is 1.00 bits per heavy atom. The number of ether oxygens (including phenoxy) is 2. The zero-order valence-corrected chi connectivity index (χ0v) is 14.8. The molecular weight excluding hydrogens is 314 g/mol. The van der Waals surface area contributed by atoms with E-state index in [9.17, 15) is 0 Å². The van der Waals surface area contributed by atoms with Crippen LogP contribution in [0, 0.1) is 27.7 Å². The van der Waals surface area contributed by atoms with Gasteiger partial charge >= 0.3 is 0 Å². The van der Waals surface area contributed by atoms with Gasteiger partial charge in [-0.2, -0.15) is 9.97 Å². The summed E-state index contributed by atoms with van der Waals surface area (Å²) in [5, 5.41) is 0. The van der Waals surface area contributed by atoms with Crippen molar-refractivity contribution in [3.05, 3.63) is 65.0 Å². The molecule has 3 rings (SSSR count). The fraction of sp³-hybridized carbons (Fsp3) is 0.200. The molecule has 0 saturated heterocycles. The molecule has 0 bridgehead atoms. The molecule has 5 nitrogen and oxygen atoms in total. The van der Waals surface area contributed by atoms with E-state index in [0.29, 0.717) is 11.5 Å². The molecule has 1 heterocycles. The van der Waals surface area contributed by atoms with Crippen molar-refractivity contribution in [3.63, 3.8) is 0 Å². The van der Waals surface area contributed by atoms with Gasteiger partial charge in [0.1, 0.15) is 17.8 Å². The highest BCUT2D eigenvalue weighted by Gasteiger charge is 2.13. The zero-order valence-electron chi connectivity index (χ0n) is 14.8. The molecule has 0 unspecified atom stereocenters. The van der Waals surface area contributed by atoms with Crippen molar-refractivity contribution >= 4 is 5.69 Å². The maximum absolute atomic E-state index is 6.16. The van der Waals surface area contributed by atoms with Crippen molar-refractivity contribution in [2.45, 2.75) is 27.7 Å². The molecule has 1 aromatic heterocycles. The average molecular weight is 335 g/mol. The molecular formula is C20H21N3O2. The number of nitrogens with zero attached hydrogens (tertiary/aromatic N) is 2. The molecule has 0 spiro atoms. The smallest absolute Gasteiger partial charge is 0.249 e. The lowest BCUT2D eigenvalue weighted by atomic mass is 10.1. The number of benzene rings is 2. The number of nitrogen functional groups attached to an aromatic ring is 1. The summed E-state index contributed by atoms with van der Waals surface area (Å²) in [6.07, 6.45) is 1.38. The van der Waals surface area contributed by atoms with E-state index in [1.807, 2.05) is 52.0 Å². The van der Waals surface area contributed by atoms with E-state index in [4.69, 9.17) is 15.2 Å². The minimum Gasteiger partial charge on any atom is -0.437 e. The number of nitrogens with two attached hydrogens (primary N) is 1. The van der Waals surface area contributed by atoms with Gasteiger partial charge in [-0.05, 0) is 74.2 Å². The van der Waals surface area contributed by atoms with Gasteiger partial charge < -0.3 is 15.2 Å². The summed E-state index contributed by atoms with van der Waals surface area (Å²) in [5.74, 6) is 1.92. The van der Waals surface area contributed by atoms with E-state index in [-0.39, 0.29) is 17.4 Å². The third kappa shape index (κ3) is 4.07.